The van der Waals surface area contributed by atoms with Crippen LogP contribution in [0.15, 0.2) is 0 Å². The van der Waals surface area contributed by atoms with Gasteiger partial charge in [0.1, 0.15) is 5.62 Å². The van der Waals surface area contributed by atoms with Crippen LogP contribution in [0.5, 0.6) is 0 Å². The van der Waals surface area contributed by atoms with Gasteiger partial charge in [-0.1, -0.05) is 25.4 Å². The van der Waals surface area contributed by atoms with Crippen LogP contribution in [-0.4, -0.2) is 60.4 Å². The molecular weight excluding hydrogens is 248 g/mol. The van der Waals surface area contributed by atoms with E-state index >= 15 is 0 Å². The molecule has 2 N–H and O–H groups in total. The summed E-state index contributed by atoms with van der Waals surface area (Å²) in [6.45, 7) is 12.4. The Labute approximate surface area is 116 Å². The first-order valence-corrected chi connectivity index (χ1v) is 7.33. The molecule has 0 aromatic heterocycles. The molecule has 2 aliphatic rings. The van der Waals surface area contributed by atoms with Gasteiger partial charge < -0.3 is 0 Å². The third-order valence-corrected chi connectivity index (χ3v) is 4.34. The molecular formula is C13H27ClN4. The van der Waals surface area contributed by atoms with Gasteiger partial charge >= 0.3 is 0 Å². The van der Waals surface area contributed by atoms with Gasteiger partial charge in [0, 0.05) is 25.7 Å². The highest BCUT2D eigenvalue weighted by atomic mass is 35.5. The van der Waals surface area contributed by atoms with Crippen molar-refractivity contribution >= 4 is 11.6 Å². The lowest BCUT2D eigenvalue weighted by Gasteiger charge is -2.45. The summed E-state index contributed by atoms with van der Waals surface area (Å²) < 4.78 is 0. The van der Waals surface area contributed by atoms with Gasteiger partial charge in [-0.2, -0.15) is 0 Å². The Bertz CT molecular complexity index is 295. The average Bonchev–Trinajstić information content (AvgIpc) is 2.33. The highest BCUT2D eigenvalue weighted by Gasteiger charge is 2.42. The van der Waals surface area contributed by atoms with E-state index in [1.165, 1.54) is 0 Å². The average molecular weight is 275 g/mol. The zero-order valence-corrected chi connectivity index (χ0v) is 13.0. The first kappa shape index (κ1) is 14.5. The van der Waals surface area contributed by atoms with Crippen molar-refractivity contribution < 1.29 is 0 Å². The summed E-state index contributed by atoms with van der Waals surface area (Å²) in [6.07, 6.45) is 0.334. The van der Waals surface area contributed by atoms with Crippen LogP contribution < -0.4 is 10.6 Å². The van der Waals surface area contributed by atoms with Crippen molar-refractivity contribution in [3.63, 3.8) is 0 Å². The minimum absolute atomic E-state index is 0.123. The second kappa shape index (κ2) is 5.25. The number of fused-ring (bicyclic) bond motifs is 1. The van der Waals surface area contributed by atoms with E-state index < -0.39 is 0 Å². The molecule has 5 heteroatoms. The topological polar surface area (TPSA) is 30.5 Å². The number of nitrogens with one attached hydrogen (secondary N) is 2. The molecule has 2 fully saturated rings. The fourth-order valence-corrected chi connectivity index (χ4v) is 3.53. The van der Waals surface area contributed by atoms with Crippen molar-refractivity contribution in [1.29, 1.82) is 0 Å². The van der Waals surface area contributed by atoms with Crippen molar-refractivity contribution in [3.05, 3.63) is 0 Å². The van der Waals surface area contributed by atoms with Crippen LogP contribution in [0.4, 0.5) is 0 Å². The number of likely N-dealkylation sites (N-methyl/N-ethyl adjacent to an activating group) is 1. The summed E-state index contributed by atoms with van der Waals surface area (Å²) in [6, 6.07) is 1.00. The molecule has 106 valence electrons. The lowest BCUT2D eigenvalue weighted by molar-refractivity contribution is 0.0482. The molecule has 0 spiro atoms. The fourth-order valence-electron chi connectivity index (χ4n) is 3.31. The molecule has 0 aliphatic carbocycles. The maximum atomic E-state index is 6.21. The fraction of sp³-hybridized carbons (Fsp3) is 1.00. The summed E-state index contributed by atoms with van der Waals surface area (Å²) in [4.78, 5) is 5.03. The van der Waals surface area contributed by atoms with Gasteiger partial charge in [-0.05, 0) is 26.3 Å². The SMILES string of the molecule is CC(C)N1CC(C)(C)CN(C)C2CNC(Cl)NC21. The third-order valence-electron chi connectivity index (χ3n) is 4.06. The molecule has 3 atom stereocenters. The standard InChI is InChI=1S/C13H27ClN4/c1-9(2)18-8-13(3,4)7-17(5)10-6-15-12(14)16-11(10)18/h9-12,15-16H,6-8H2,1-5H3. The first-order chi connectivity index (χ1) is 8.30. The van der Waals surface area contributed by atoms with E-state index in [4.69, 9.17) is 11.6 Å². The Hall–Kier alpha value is 0.130. The molecule has 4 nitrogen and oxygen atoms in total. The maximum Gasteiger partial charge on any atom is 0.136 e. The van der Waals surface area contributed by atoms with Gasteiger partial charge in [0.25, 0.3) is 0 Å². The Balaban J connectivity index is 2.26. The number of nitrogens with zero attached hydrogens (tertiary/aromatic N) is 2. The Kier molecular flexibility index (Phi) is 4.24. The molecule has 0 radical (unpaired) electrons. The van der Waals surface area contributed by atoms with Crippen molar-refractivity contribution in [1.82, 2.24) is 20.4 Å². The minimum atomic E-state index is -0.123. The molecule has 0 aromatic carbocycles. The highest BCUT2D eigenvalue weighted by Crippen LogP contribution is 2.28. The molecule has 0 amide bonds. The number of hydrogen-bond acceptors (Lipinski definition) is 4. The van der Waals surface area contributed by atoms with Gasteiger partial charge in [-0.3, -0.25) is 20.4 Å². The summed E-state index contributed by atoms with van der Waals surface area (Å²) in [5.74, 6) is 0. The molecule has 0 bridgehead atoms. The molecule has 2 heterocycles. The monoisotopic (exact) mass is 274 g/mol. The number of halogens is 1. The number of hydrogen-bond donors (Lipinski definition) is 2. The van der Waals surface area contributed by atoms with E-state index in [2.05, 4.69) is 55.2 Å². The van der Waals surface area contributed by atoms with Crippen LogP contribution in [0.1, 0.15) is 27.7 Å². The minimum Gasteiger partial charge on any atom is -0.299 e. The van der Waals surface area contributed by atoms with E-state index in [1.807, 2.05) is 0 Å². The zero-order chi connectivity index (χ0) is 13.5. The lowest BCUT2D eigenvalue weighted by atomic mass is 9.92. The second-order valence-electron chi connectivity index (χ2n) is 6.80. The summed E-state index contributed by atoms with van der Waals surface area (Å²) in [7, 11) is 2.22. The van der Waals surface area contributed by atoms with Crippen molar-refractivity contribution in [3.8, 4) is 0 Å². The molecule has 0 aromatic rings. The zero-order valence-electron chi connectivity index (χ0n) is 12.2. The first-order valence-electron chi connectivity index (χ1n) is 6.90. The Morgan fingerprint density at radius 3 is 2.56 bits per heavy atom. The molecule has 2 aliphatic heterocycles. The maximum absolute atomic E-state index is 6.21. The summed E-state index contributed by atoms with van der Waals surface area (Å²) in [5, 5.41) is 6.81. The third kappa shape index (κ3) is 2.99. The number of rotatable bonds is 1. The molecule has 2 rings (SSSR count). The van der Waals surface area contributed by atoms with E-state index in [9.17, 15) is 0 Å². The largest absolute Gasteiger partial charge is 0.299 e. The van der Waals surface area contributed by atoms with Crippen molar-refractivity contribution in [2.45, 2.75) is 51.6 Å². The summed E-state index contributed by atoms with van der Waals surface area (Å²) in [5.41, 5.74) is 0.182. The molecule has 0 saturated carbocycles. The smallest absolute Gasteiger partial charge is 0.136 e. The van der Waals surface area contributed by atoms with E-state index in [0.29, 0.717) is 23.7 Å². The van der Waals surface area contributed by atoms with E-state index in [1.54, 1.807) is 0 Å². The molecule has 3 unspecified atom stereocenters. The van der Waals surface area contributed by atoms with Gasteiger partial charge in [0.05, 0.1) is 12.2 Å². The van der Waals surface area contributed by atoms with Gasteiger partial charge in [-0.15, -0.1) is 0 Å². The van der Waals surface area contributed by atoms with E-state index in [0.717, 1.165) is 19.6 Å². The highest BCUT2D eigenvalue weighted by molar-refractivity contribution is 6.20. The van der Waals surface area contributed by atoms with Gasteiger partial charge in [-0.25, -0.2) is 0 Å². The lowest BCUT2D eigenvalue weighted by Crippen LogP contribution is -2.68. The van der Waals surface area contributed by atoms with Crippen LogP contribution in [-0.2, 0) is 0 Å². The number of alkyl halides is 1. The Morgan fingerprint density at radius 2 is 1.94 bits per heavy atom. The van der Waals surface area contributed by atoms with Crippen LogP contribution >= 0.6 is 11.6 Å². The van der Waals surface area contributed by atoms with Crippen molar-refractivity contribution in [2.24, 2.45) is 5.41 Å². The van der Waals surface area contributed by atoms with Crippen LogP contribution in [0.3, 0.4) is 0 Å². The summed E-state index contributed by atoms with van der Waals surface area (Å²) >= 11 is 6.21. The second-order valence-corrected chi connectivity index (χ2v) is 7.23. The van der Waals surface area contributed by atoms with Gasteiger partial charge in [0.2, 0.25) is 0 Å². The van der Waals surface area contributed by atoms with Crippen LogP contribution in [0.25, 0.3) is 0 Å². The van der Waals surface area contributed by atoms with Crippen LogP contribution in [0, 0.1) is 5.41 Å². The van der Waals surface area contributed by atoms with Gasteiger partial charge in [0.15, 0.2) is 0 Å². The molecule has 18 heavy (non-hydrogen) atoms. The molecule has 2 saturated heterocycles. The predicted octanol–water partition coefficient (Wildman–Crippen LogP) is 1.08. The predicted molar refractivity (Wildman–Crippen MR) is 76.6 cm³/mol. The quantitative estimate of drug-likeness (QED) is 0.553. The Morgan fingerprint density at radius 1 is 1.28 bits per heavy atom. The normalized spacial score (nSPS) is 38.5. The van der Waals surface area contributed by atoms with Crippen LogP contribution in [0.2, 0.25) is 0 Å². The van der Waals surface area contributed by atoms with Crippen molar-refractivity contribution in [2.75, 3.05) is 26.7 Å². The van der Waals surface area contributed by atoms with E-state index in [-0.39, 0.29) is 5.62 Å².